The van der Waals surface area contributed by atoms with Gasteiger partial charge < -0.3 is 15.0 Å². The molecular weight excluding hydrogens is 348 g/mol. The fraction of sp³-hybridized carbons (Fsp3) is 0.200. The van der Waals surface area contributed by atoms with Crippen LogP contribution in [0, 0.1) is 0 Å². The van der Waals surface area contributed by atoms with Crippen molar-refractivity contribution in [3.63, 3.8) is 0 Å². The van der Waals surface area contributed by atoms with E-state index in [4.69, 9.17) is 4.74 Å². The fourth-order valence-electron chi connectivity index (χ4n) is 2.58. The Balaban J connectivity index is 1.74. The number of rotatable bonds is 5. The molecule has 0 unspecified atom stereocenters. The zero-order chi connectivity index (χ0) is 18.4. The number of carbonyl (C=O) groups excluding carboxylic acids is 2. The third-order valence-corrected chi connectivity index (χ3v) is 4.67. The van der Waals surface area contributed by atoms with Crippen LogP contribution in [0.1, 0.15) is 15.9 Å². The van der Waals surface area contributed by atoms with Crippen LogP contribution in [-0.2, 0) is 16.1 Å². The zero-order valence-corrected chi connectivity index (χ0v) is 15.3. The lowest BCUT2D eigenvalue weighted by Crippen LogP contribution is -2.28. The van der Waals surface area contributed by atoms with Crippen molar-refractivity contribution in [2.24, 2.45) is 0 Å². The molecule has 2 aromatic carbocycles. The van der Waals surface area contributed by atoms with E-state index in [1.807, 2.05) is 30.3 Å². The van der Waals surface area contributed by atoms with Crippen LogP contribution in [0.3, 0.4) is 0 Å². The first-order valence-corrected chi connectivity index (χ1v) is 9.34. The van der Waals surface area contributed by atoms with E-state index in [0.717, 1.165) is 11.3 Å². The fourth-order valence-corrected chi connectivity index (χ4v) is 3.21. The number of nitrogens with zero attached hydrogens (tertiary/aromatic N) is 1. The van der Waals surface area contributed by atoms with Crippen LogP contribution < -0.4 is 5.32 Å². The van der Waals surface area contributed by atoms with Crippen molar-refractivity contribution in [3.05, 3.63) is 76.9 Å². The molecular formula is C20H20N2O3S. The van der Waals surface area contributed by atoms with Crippen molar-refractivity contribution >= 4 is 29.3 Å². The predicted octanol–water partition coefficient (Wildman–Crippen LogP) is 3.50. The lowest BCUT2D eigenvalue weighted by Gasteiger charge is -2.20. The van der Waals surface area contributed by atoms with Crippen LogP contribution in [0.4, 0.5) is 5.69 Å². The smallest absolute Gasteiger partial charge is 0.291 e. The summed E-state index contributed by atoms with van der Waals surface area (Å²) in [5, 5.41) is 4.49. The van der Waals surface area contributed by atoms with Crippen LogP contribution in [-0.4, -0.2) is 36.1 Å². The standard InChI is InChI=1S/C20H20N2O3S/c1-22(13-15-7-3-2-4-8-15)20(24)16-9-5-6-10-17(16)21-19(23)18-14-26-12-11-25-18/h2-10,14H,11-13H2,1H3,(H,21,23). The quantitative estimate of drug-likeness (QED) is 0.878. The first-order valence-electron chi connectivity index (χ1n) is 8.29. The van der Waals surface area contributed by atoms with E-state index in [-0.39, 0.29) is 17.6 Å². The van der Waals surface area contributed by atoms with Crippen LogP contribution >= 0.6 is 11.8 Å². The van der Waals surface area contributed by atoms with Crippen molar-refractivity contribution < 1.29 is 14.3 Å². The second-order valence-corrected chi connectivity index (χ2v) is 6.83. The molecule has 0 aliphatic carbocycles. The highest BCUT2D eigenvalue weighted by Gasteiger charge is 2.20. The molecule has 0 fully saturated rings. The van der Waals surface area contributed by atoms with Crippen LogP contribution in [0.25, 0.3) is 0 Å². The Labute approximate surface area is 157 Å². The van der Waals surface area contributed by atoms with E-state index in [9.17, 15) is 9.59 Å². The molecule has 0 radical (unpaired) electrons. The SMILES string of the molecule is CN(Cc1ccccc1)C(=O)c1ccccc1NC(=O)C1=CSCCO1. The number of carbonyl (C=O) groups is 2. The monoisotopic (exact) mass is 368 g/mol. The minimum atomic E-state index is -0.344. The number of para-hydroxylation sites is 1. The van der Waals surface area contributed by atoms with Gasteiger partial charge in [-0.25, -0.2) is 0 Å². The molecule has 5 nitrogen and oxygen atoms in total. The summed E-state index contributed by atoms with van der Waals surface area (Å²) < 4.78 is 5.37. The molecule has 0 bridgehead atoms. The molecule has 1 heterocycles. The zero-order valence-electron chi connectivity index (χ0n) is 14.5. The summed E-state index contributed by atoms with van der Waals surface area (Å²) in [6.45, 7) is 0.997. The summed E-state index contributed by atoms with van der Waals surface area (Å²) >= 11 is 1.54. The van der Waals surface area contributed by atoms with Gasteiger partial charge in [0.05, 0.1) is 17.9 Å². The summed E-state index contributed by atoms with van der Waals surface area (Å²) in [4.78, 5) is 26.8. The van der Waals surface area contributed by atoms with E-state index in [1.165, 1.54) is 11.8 Å². The number of ether oxygens (including phenoxy) is 1. The lowest BCUT2D eigenvalue weighted by molar-refractivity contribution is -0.116. The minimum Gasteiger partial charge on any atom is -0.487 e. The summed E-state index contributed by atoms with van der Waals surface area (Å²) in [6, 6.07) is 16.8. The molecule has 1 N–H and O–H groups in total. The summed E-state index contributed by atoms with van der Waals surface area (Å²) in [7, 11) is 1.75. The number of thioether (sulfide) groups is 1. The number of hydrogen-bond acceptors (Lipinski definition) is 4. The molecule has 0 atom stereocenters. The molecule has 134 valence electrons. The lowest BCUT2D eigenvalue weighted by atomic mass is 10.1. The van der Waals surface area contributed by atoms with Gasteiger partial charge in [-0.15, -0.1) is 11.8 Å². The Bertz CT molecular complexity index is 821. The average molecular weight is 368 g/mol. The van der Waals surface area contributed by atoms with Crippen LogP contribution in [0.2, 0.25) is 0 Å². The third-order valence-electron chi connectivity index (χ3n) is 3.89. The number of benzene rings is 2. The highest BCUT2D eigenvalue weighted by atomic mass is 32.2. The van der Waals surface area contributed by atoms with Gasteiger partial charge in [0.15, 0.2) is 5.76 Å². The first kappa shape index (κ1) is 18.1. The maximum Gasteiger partial charge on any atom is 0.291 e. The molecule has 0 saturated carbocycles. The molecule has 0 saturated heterocycles. The highest BCUT2D eigenvalue weighted by Crippen LogP contribution is 2.21. The number of anilines is 1. The van der Waals surface area contributed by atoms with Gasteiger partial charge in [-0.3, -0.25) is 9.59 Å². The molecule has 3 rings (SSSR count). The van der Waals surface area contributed by atoms with Gasteiger partial charge in [0, 0.05) is 24.8 Å². The summed E-state index contributed by atoms with van der Waals surface area (Å²) in [5.41, 5.74) is 1.97. The van der Waals surface area contributed by atoms with E-state index >= 15 is 0 Å². The van der Waals surface area contributed by atoms with Gasteiger partial charge in [0.25, 0.3) is 11.8 Å². The molecule has 0 aromatic heterocycles. The second-order valence-electron chi connectivity index (χ2n) is 5.85. The predicted molar refractivity (Wildman–Crippen MR) is 104 cm³/mol. The van der Waals surface area contributed by atoms with E-state index in [0.29, 0.717) is 24.4 Å². The van der Waals surface area contributed by atoms with E-state index in [2.05, 4.69) is 5.32 Å². The molecule has 26 heavy (non-hydrogen) atoms. The van der Waals surface area contributed by atoms with Gasteiger partial charge in [-0.2, -0.15) is 0 Å². The Kier molecular flexibility index (Phi) is 5.96. The van der Waals surface area contributed by atoms with Gasteiger partial charge in [0.1, 0.15) is 0 Å². The van der Waals surface area contributed by atoms with Crippen molar-refractivity contribution in [2.45, 2.75) is 6.54 Å². The average Bonchev–Trinajstić information content (AvgIpc) is 2.69. The second kappa shape index (κ2) is 8.58. The largest absolute Gasteiger partial charge is 0.487 e. The molecule has 6 heteroatoms. The van der Waals surface area contributed by atoms with Crippen LogP contribution in [0.5, 0.6) is 0 Å². The third kappa shape index (κ3) is 4.46. The van der Waals surface area contributed by atoms with Gasteiger partial charge in [-0.1, -0.05) is 42.5 Å². The Hall–Kier alpha value is -2.73. The van der Waals surface area contributed by atoms with Crippen molar-refractivity contribution in [3.8, 4) is 0 Å². The Morgan fingerprint density at radius 2 is 1.85 bits per heavy atom. The van der Waals surface area contributed by atoms with Gasteiger partial charge in [-0.05, 0) is 17.7 Å². The number of amides is 2. The molecule has 2 aromatic rings. The van der Waals surface area contributed by atoms with Crippen molar-refractivity contribution in [1.29, 1.82) is 0 Å². The first-order chi connectivity index (χ1) is 12.6. The maximum atomic E-state index is 12.9. The summed E-state index contributed by atoms with van der Waals surface area (Å²) in [5.74, 6) is 0.609. The van der Waals surface area contributed by atoms with Crippen LogP contribution in [0.15, 0.2) is 65.8 Å². The molecule has 1 aliphatic rings. The minimum absolute atomic E-state index is 0.155. The normalized spacial score (nSPS) is 13.3. The van der Waals surface area contributed by atoms with E-state index in [1.54, 1.807) is 41.6 Å². The molecule has 1 aliphatic heterocycles. The van der Waals surface area contributed by atoms with Crippen molar-refractivity contribution in [1.82, 2.24) is 4.90 Å². The van der Waals surface area contributed by atoms with E-state index < -0.39 is 0 Å². The topological polar surface area (TPSA) is 58.6 Å². The maximum absolute atomic E-state index is 12.9. The Morgan fingerprint density at radius 3 is 2.58 bits per heavy atom. The summed E-state index contributed by atoms with van der Waals surface area (Å²) in [6.07, 6.45) is 0. The highest BCUT2D eigenvalue weighted by molar-refractivity contribution is 8.02. The van der Waals surface area contributed by atoms with Gasteiger partial charge >= 0.3 is 0 Å². The molecule has 2 amide bonds. The van der Waals surface area contributed by atoms with Gasteiger partial charge in [0.2, 0.25) is 0 Å². The number of nitrogens with one attached hydrogen (secondary N) is 1. The molecule has 0 spiro atoms. The van der Waals surface area contributed by atoms with Crippen molar-refractivity contribution in [2.75, 3.05) is 24.7 Å². The Morgan fingerprint density at radius 1 is 1.12 bits per heavy atom. The number of hydrogen-bond donors (Lipinski definition) is 1.